The van der Waals surface area contributed by atoms with Crippen molar-refractivity contribution in [2.75, 3.05) is 51.6 Å². The largest absolute Gasteiger partial charge is 0.388 e. The molecule has 0 aromatic heterocycles. The van der Waals surface area contributed by atoms with E-state index in [4.69, 9.17) is 5.73 Å². The van der Waals surface area contributed by atoms with Crippen molar-refractivity contribution in [3.8, 4) is 6.07 Å². The number of anilines is 1. The molecule has 2 heterocycles. The molecular weight excluding hydrogens is 452 g/mol. The maximum Gasteiger partial charge on any atom is 0.216 e. The maximum atomic E-state index is 12.5. The topological polar surface area (TPSA) is 130 Å². The van der Waals surface area contributed by atoms with Crippen molar-refractivity contribution in [2.45, 2.75) is 31.9 Å². The van der Waals surface area contributed by atoms with Gasteiger partial charge in [-0.3, -0.25) is 9.91 Å². The van der Waals surface area contributed by atoms with Crippen LogP contribution in [-0.4, -0.2) is 86.4 Å². The Hall–Kier alpha value is -2.94. The zero-order chi connectivity index (χ0) is 24.7. The lowest BCUT2D eigenvalue weighted by Crippen LogP contribution is -2.51. The minimum atomic E-state index is -3.27. The molecule has 11 heteroatoms. The number of nitrogens with two attached hydrogens (primary N) is 1. The van der Waals surface area contributed by atoms with Gasteiger partial charge in [-0.05, 0) is 43.5 Å². The highest BCUT2D eigenvalue weighted by atomic mass is 32.2. The average molecular weight is 487 g/mol. The van der Waals surface area contributed by atoms with Crippen LogP contribution in [0.4, 0.5) is 5.69 Å². The third-order valence-corrected chi connectivity index (χ3v) is 8.34. The van der Waals surface area contributed by atoms with Crippen LogP contribution in [0.1, 0.15) is 25.8 Å². The lowest BCUT2D eigenvalue weighted by molar-refractivity contribution is 0.185. The summed E-state index contributed by atoms with van der Waals surface area (Å²) in [6, 6.07) is 10.4. The zero-order valence-electron chi connectivity index (χ0n) is 20.1. The van der Waals surface area contributed by atoms with Crippen molar-refractivity contribution in [1.82, 2.24) is 14.2 Å². The second kappa shape index (κ2) is 11.5. The van der Waals surface area contributed by atoms with E-state index in [0.29, 0.717) is 51.5 Å². The first kappa shape index (κ1) is 25.7. The number of rotatable bonds is 9. The van der Waals surface area contributed by atoms with Crippen molar-refractivity contribution in [2.24, 2.45) is 15.8 Å². The van der Waals surface area contributed by atoms with Gasteiger partial charge in [0.05, 0.1) is 30.0 Å². The monoisotopic (exact) mass is 486 g/mol. The van der Waals surface area contributed by atoms with E-state index >= 15 is 0 Å². The quantitative estimate of drug-likeness (QED) is 0.540. The molecule has 0 bridgehead atoms. The number of allylic oxidation sites excluding steroid dienone is 1. The van der Waals surface area contributed by atoms with Gasteiger partial charge in [0.25, 0.3) is 0 Å². The van der Waals surface area contributed by atoms with E-state index in [0.717, 1.165) is 22.5 Å². The van der Waals surface area contributed by atoms with Crippen molar-refractivity contribution in [1.29, 1.82) is 5.26 Å². The third-order valence-electron chi connectivity index (χ3n) is 6.06. The first-order valence-corrected chi connectivity index (χ1v) is 12.9. The van der Waals surface area contributed by atoms with E-state index in [-0.39, 0.29) is 6.42 Å². The van der Waals surface area contributed by atoms with Gasteiger partial charge in [0.15, 0.2) is 0 Å². The maximum absolute atomic E-state index is 12.5. The molecule has 184 valence electrons. The van der Waals surface area contributed by atoms with Crippen LogP contribution in [0.15, 0.2) is 45.6 Å². The highest BCUT2D eigenvalue weighted by molar-refractivity contribution is 7.89. The summed E-state index contributed by atoms with van der Waals surface area (Å²) in [5.41, 5.74) is 9.97. The summed E-state index contributed by atoms with van der Waals surface area (Å²) < 4.78 is 26.7. The Kier molecular flexibility index (Phi) is 8.66. The van der Waals surface area contributed by atoms with E-state index in [2.05, 4.69) is 26.4 Å². The number of hydrogen-bond acceptors (Lipinski definition) is 9. The number of nitriles is 1. The molecule has 10 nitrogen and oxygen atoms in total. The Bertz CT molecular complexity index is 1080. The molecule has 3 N–H and O–H groups in total. The van der Waals surface area contributed by atoms with Crippen molar-refractivity contribution in [3.63, 3.8) is 0 Å². The highest BCUT2D eigenvalue weighted by Gasteiger charge is 2.30. The van der Waals surface area contributed by atoms with Gasteiger partial charge in [-0.2, -0.15) is 14.7 Å². The van der Waals surface area contributed by atoms with Crippen LogP contribution in [0.25, 0.3) is 0 Å². The molecule has 0 amide bonds. The van der Waals surface area contributed by atoms with Crippen LogP contribution in [0, 0.1) is 11.3 Å². The minimum absolute atomic E-state index is 0.258. The lowest BCUT2D eigenvalue weighted by Gasteiger charge is -2.37. The number of sulfonamides is 1. The van der Waals surface area contributed by atoms with Crippen LogP contribution in [-0.2, 0) is 16.4 Å². The van der Waals surface area contributed by atoms with E-state index in [1.165, 1.54) is 6.34 Å². The number of hydrogen-bond donors (Lipinski definition) is 2. The van der Waals surface area contributed by atoms with Crippen molar-refractivity contribution < 1.29 is 8.42 Å². The van der Waals surface area contributed by atoms with Crippen molar-refractivity contribution in [3.05, 3.63) is 41.1 Å². The van der Waals surface area contributed by atoms with Gasteiger partial charge in [0, 0.05) is 45.5 Å². The smallest absolute Gasteiger partial charge is 0.216 e. The number of piperazine rings is 1. The standard InChI is InChI=1S/C23H34N8O2S/c1-18(2)34(32,33)30-12-10-29(11-13-30)15-22(31-16-23(25)27-17-28-31)20(8-9-24)14-19-4-6-21(26-3)7-5-19/h4-7,17-18,26H,8,10-16H2,1-3H3,(H2,25,27,28)/b22-20-. The Morgan fingerprint density at radius 3 is 2.44 bits per heavy atom. The fraction of sp³-hybridized carbons (Fsp3) is 0.522. The number of hydrazone groups is 1. The van der Waals surface area contributed by atoms with Gasteiger partial charge in [0.1, 0.15) is 12.2 Å². The van der Waals surface area contributed by atoms with E-state index < -0.39 is 15.3 Å². The molecule has 1 aromatic rings. The van der Waals surface area contributed by atoms with Gasteiger partial charge in [0.2, 0.25) is 10.0 Å². The predicted octanol–water partition coefficient (Wildman–Crippen LogP) is 1.41. The fourth-order valence-electron chi connectivity index (χ4n) is 3.99. The molecule has 1 aromatic carbocycles. The first-order chi connectivity index (χ1) is 16.2. The summed E-state index contributed by atoms with van der Waals surface area (Å²) in [6.07, 6.45) is 2.29. The van der Waals surface area contributed by atoms with Gasteiger partial charge in [-0.1, -0.05) is 12.1 Å². The number of amidine groups is 1. The Labute approximate surface area is 202 Å². The fourth-order valence-corrected chi connectivity index (χ4v) is 5.26. The molecule has 34 heavy (non-hydrogen) atoms. The molecule has 0 unspecified atom stereocenters. The Morgan fingerprint density at radius 1 is 1.21 bits per heavy atom. The molecule has 0 saturated carbocycles. The van der Waals surface area contributed by atoms with Crippen LogP contribution >= 0.6 is 0 Å². The Balaban J connectivity index is 1.85. The third kappa shape index (κ3) is 6.34. The van der Waals surface area contributed by atoms with Crippen LogP contribution < -0.4 is 11.1 Å². The van der Waals surface area contributed by atoms with Crippen LogP contribution in [0.2, 0.25) is 0 Å². The summed E-state index contributed by atoms with van der Waals surface area (Å²) in [6.45, 7) is 6.41. The lowest BCUT2D eigenvalue weighted by atomic mass is 9.99. The summed E-state index contributed by atoms with van der Waals surface area (Å²) in [5.74, 6) is 0.454. The van der Waals surface area contributed by atoms with Gasteiger partial charge in [-0.25, -0.2) is 13.4 Å². The van der Waals surface area contributed by atoms with E-state index in [1.54, 1.807) is 18.2 Å². The Morgan fingerprint density at radius 2 is 1.88 bits per heavy atom. The first-order valence-electron chi connectivity index (χ1n) is 11.4. The highest BCUT2D eigenvalue weighted by Crippen LogP contribution is 2.23. The molecular formula is C23H34N8O2S. The molecule has 1 fully saturated rings. The van der Waals surface area contributed by atoms with Crippen LogP contribution in [0.5, 0.6) is 0 Å². The molecule has 0 radical (unpaired) electrons. The van der Waals surface area contributed by atoms with Crippen molar-refractivity contribution >= 4 is 27.9 Å². The average Bonchev–Trinajstić information content (AvgIpc) is 2.83. The number of aliphatic imine (C=N–C) groups is 1. The molecule has 0 atom stereocenters. The second-order valence-electron chi connectivity index (χ2n) is 8.69. The number of benzene rings is 1. The molecule has 2 aliphatic heterocycles. The second-order valence-corrected chi connectivity index (χ2v) is 11.2. The van der Waals surface area contributed by atoms with Gasteiger partial charge < -0.3 is 11.1 Å². The summed E-state index contributed by atoms with van der Waals surface area (Å²) in [7, 11) is -1.40. The van der Waals surface area contributed by atoms with Gasteiger partial charge in [-0.15, -0.1) is 0 Å². The van der Waals surface area contributed by atoms with E-state index in [9.17, 15) is 13.7 Å². The molecule has 3 rings (SSSR count). The minimum Gasteiger partial charge on any atom is -0.388 e. The molecule has 1 saturated heterocycles. The molecule has 2 aliphatic rings. The summed E-state index contributed by atoms with van der Waals surface area (Å²) >= 11 is 0. The van der Waals surface area contributed by atoms with Gasteiger partial charge >= 0.3 is 0 Å². The van der Waals surface area contributed by atoms with E-state index in [1.807, 2.05) is 36.3 Å². The SMILES string of the molecule is CNc1ccc(C/C(CC#N)=C(/CN2CCN(S(=O)(=O)C(C)C)CC2)N2CC(N)=NC=N2)cc1. The summed E-state index contributed by atoms with van der Waals surface area (Å²) in [4.78, 5) is 6.26. The zero-order valence-corrected chi connectivity index (χ0v) is 20.9. The number of nitrogens with one attached hydrogen (secondary N) is 1. The normalized spacial score (nSPS) is 18.4. The predicted molar refractivity (Wildman–Crippen MR) is 136 cm³/mol. The molecule has 0 spiro atoms. The van der Waals surface area contributed by atoms with Crippen LogP contribution in [0.3, 0.4) is 0 Å². The summed E-state index contributed by atoms with van der Waals surface area (Å²) in [5, 5.41) is 18.5. The molecule has 0 aliphatic carbocycles. The number of nitrogens with zero attached hydrogens (tertiary/aromatic N) is 6.